The van der Waals surface area contributed by atoms with Crippen LogP contribution in [0.4, 0.5) is 5.95 Å². The van der Waals surface area contributed by atoms with Crippen molar-refractivity contribution >= 4 is 11.9 Å². The summed E-state index contributed by atoms with van der Waals surface area (Å²) in [4.78, 5) is 16.1. The zero-order valence-corrected chi connectivity index (χ0v) is 10.5. The third kappa shape index (κ3) is 2.97. The summed E-state index contributed by atoms with van der Waals surface area (Å²) in [5.41, 5.74) is 0. The monoisotopic (exact) mass is 247 g/mol. The van der Waals surface area contributed by atoms with Crippen LogP contribution in [0.3, 0.4) is 0 Å². The van der Waals surface area contributed by atoms with Gasteiger partial charge in [-0.25, -0.2) is 5.10 Å². The Bertz CT molecular complexity index is 475. The quantitative estimate of drug-likeness (QED) is 0.846. The van der Waals surface area contributed by atoms with Gasteiger partial charge >= 0.3 is 0 Å². The molecule has 1 atom stereocenters. The number of nitrogens with one attached hydrogen (secondary N) is 2. The summed E-state index contributed by atoms with van der Waals surface area (Å²) in [6, 6.07) is 3.59. The van der Waals surface area contributed by atoms with Gasteiger partial charge in [-0.1, -0.05) is 13.8 Å². The van der Waals surface area contributed by atoms with Crippen molar-refractivity contribution < 1.29 is 4.79 Å². The topological polar surface area (TPSA) is 75.6 Å². The van der Waals surface area contributed by atoms with E-state index in [9.17, 15) is 4.79 Å². The van der Waals surface area contributed by atoms with E-state index in [1.807, 2.05) is 29.1 Å². The molecule has 2 N–H and O–H groups in total. The van der Waals surface area contributed by atoms with Crippen molar-refractivity contribution in [3.8, 4) is 0 Å². The van der Waals surface area contributed by atoms with Crippen molar-refractivity contribution in [1.29, 1.82) is 0 Å². The number of carbonyl (C=O) groups excluding carboxylic acids is 1. The van der Waals surface area contributed by atoms with Crippen LogP contribution in [0.25, 0.3) is 0 Å². The molecule has 0 radical (unpaired) electrons. The Morgan fingerprint density at radius 1 is 1.44 bits per heavy atom. The number of carbonyl (C=O) groups is 1. The predicted octanol–water partition coefficient (Wildman–Crippen LogP) is 1.83. The molecule has 0 saturated carbocycles. The zero-order valence-electron chi connectivity index (χ0n) is 10.5. The minimum atomic E-state index is -0.231. The van der Waals surface area contributed by atoms with Crippen LogP contribution in [-0.4, -0.2) is 25.7 Å². The third-order valence-electron chi connectivity index (χ3n) is 2.64. The molecule has 96 valence electrons. The lowest BCUT2D eigenvalue weighted by Gasteiger charge is -2.19. The van der Waals surface area contributed by atoms with Crippen LogP contribution in [0.2, 0.25) is 0 Å². The summed E-state index contributed by atoms with van der Waals surface area (Å²) in [5.74, 6) is 0.718. The Hall–Kier alpha value is -2.11. The molecule has 6 heteroatoms. The fourth-order valence-electron chi connectivity index (χ4n) is 1.83. The smallest absolute Gasteiger partial charge is 0.249 e. The number of rotatable bonds is 5. The van der Waals surface area contributed by atoms with E-state index >= 15 is 0 Å². The fraction of sp³-hybridized carbons (Fsp3) is 0.417. The summed E-state index contributed by atoms with van der Waals surface area (Å²) in [6.07, 6.45) is 5.93. The number of anilines is 1. The van der Waals surface area contributed by atoms with Gasteiger partial charge in [0.25, 0.3) is 0 Å². The molecular formula is C12H17N5O. The molecular weight excluding hydrogens is 230 g/mol. The molecule has 0 aliphatic carbocycles. The summed E-state index contributed by atoms with van der Waals surface area (Å²) in [5, 5.41) is 9.05. The minimum absolute atomic E-state index is 0.0864. The number of H-pyrrole nitrogens is 1. The molecule has 0 aromatic carbocycles. The highest BCUT2D eigenvalue weighted by atomic mass is 16.2. The van der Waals surface area contributed by atoms with E-state index in [4.69, 9.17) is 0 Å². The molecule has 0 spiro atoms. The van der Waals surface area contributed by atoms with Crippen molar-refractivity contribution in [3.05, 3.63) is 30.9 Å². The number of aromatic amines is 1. The second-order valence-electron chi connectivity index (χ2n) is 4.60. The van der Waals surface area contributed by atoms with Gasteiger partial charge in [-0.05, 0) is 24.5 Å². The minimum Gasteiger partial charge on any atom is -0.342 e. The Labute approximate surface area is 105 Å². The van der Waals surface area contributed by atoms with E-state index in [2.05, 4.69) is 34.3 Å². The van der Waals surface area contributed by atoms with Gasteiger partial charge in [0.05, 0.1) is 0 Å². The Kier molecular flexibility index (Phi) is 3.76. The largest absolute Gasteiger partial charge is 0.342 e. The van der Waals surface area contributed by atoms with Gasteiger partial charge in [-0.2, -0.15) is 10.1 Å². The second kappa shape index (κ2) is 5.48. The lowest BCUT2D eigenvalue weighted by molar-refractivity contribution is -0.119. The van der Waals surface area contributed by atoms with E-state index in [-0.39, 0.29) is 11.9 Å². The van der Waals surface area contributed by atoms with Crippen molar-refractivity contribution in [2.24, 2.45) is 5.92 Å². The van der Waals surface area contributed by atoms with Crippen LogP contribution >= 0.6 is 0 Å². The van der Waals surface area contributed by atoms with E-state index < -0.39 is 0 Å². The van der Waals surface area contributed by atoms with Gasteiger partial charge in [0.15, 0.2) is 0 Å². The molecule has 2 aromatic rings. The average Bonchev–Trinajstić information content (AvgIpc) is 2.97. The fourth-order valence-corrected chi connectivity index (χ4v) is 1.83. The first-order valence-electron chi connectivity index (χ1n) is 5.95. The third-order valence-corrected chi connectivity index (χ3v) is 2.64. The summed E-state index contributed by atoms with van der Waals surface area (Å²) in [7, 11) is 0. The molecule has 6 nitrogen and oxygen atoms in total. The normalized spacial score (nSPS) is 12.6. The predicted molar refractivity (Wildman–Crippen MR) is 67.9 cm³/mol. The highest BCUT2D eigenvalue weighted by Gasteiger charge is 2.21. The van der Waals surface area contributed by atoms with Crippen molar-refractivity contribution in [3.63, 3.8) is 0 Å². The van der Waals surface area contributed by atoms with Gasteiger partial charge < -0.3 is 4.57 Å². The van der Waals surface area contributed by atoms with Crippen molar-refractivity contribution in [1.82, 2.24) is 19.7 Å². The first-order valence-corrected chi connectivity index (χ1v) is 5.95. The highest BCUT2D eigenvalue weighted by Crippen LogP contribution is 2.19. The molecule has 0 fully saturated rings. The second-order valence-corrected chi connectivity index (χ2v) is 4.60. The van der Waals surface area contributed by atoms with Crippen LogP contribution in [0.5, 0.6) is 0 Å². The molecule has 2 rings (SSSR count). The van der Waals surface area contributed by atoms with Crippen LogP contribution in [0.1, 0.15) is 26.3 Å². The Morgan fingerprint density at radius 2 is 2.17 bits per heavy atom. The molecule has 18 heavy (non-hydrogen) atoms. The molecule has 2 aromatic heterocycles. The summed E-state index contributed by atoms with van der Waals surface area (Å²) < 4.78 is 1.91. The number of hydrogen-bond donors (Lipinski definition) is 2. The molecule has 0 bridgehead atoms. The Balaban J connectivity index is 2.11. The lowest BCUT2D eigenvalue weighted by atomic mass is 10.0. The van der Waals surface area contributed by atoms with E-state index in [0.717, 1.165) is 6.42 Å². The van der Waals surface area contributed by atoms with Gasteiger partial charge in [-0.3, -0.25) is 10.1 Å². The van der Waals surface area contributed by atoms with E-state index in [1.165, 1.54) is 6.33 Å². The molecule has 1 amide bonds. The number of nitrogens with zero attached hydrogens (tertiary/aromatic N) is 3. The molecule has 0 unspecified atom stereocenters. The number of aromatic nitrogens is 4. The maximum Gasteiger partial charge on any atom is 0.249 e. The maximum absolute atomic E-state index is 12.2. The first kappa shape index (κ1) is 12.3. The highest BCUT2D eigenvalue weighted by molar-refractivity contribution is 5.92. The van der Waals surface area contributed by atoms with Crippen molar-refractivity contribution in [2.45, 2.75) is 26.3 Å². The number of hydrogen-bond acceptors (Lipinski definition) is 3. The molecule has 0 saturated heterocycles. The summed E-state index contributed by atoms with van der Waals surface area (Å²) >= 11 is 0. The number of amides is 1. The van der Waals surface area contributed by atoms with Crippen LogP contribution < -0.4 is 5.32 Å². The van der Waals surface area contributed by atoms with Crippen molar-refractivity contribution in [2.75, 3.05) is 5.32 Å². The van der Waals surface area contributed by atoms with E-state index in [1.54, 1.807) is 0 Å². The molecule has 0 aliphatic heterocycles. The van der Waals surface area contributed by atoms with Gasteiger partial charge in [0, 0.05) is 12.4 Å². The average molecular weight is 247 g/mol. The Morgan fingerprint density at radius 3 is 2.72 bits per heavy atom. The first-order chi connectivity index (χ1) is 8.66. The van der Waals surface area contributed by atoms with Gasteiger partial charge in [-0.15, -0.1) is 0 Å². The standard InChI is InChI=1S/C12H17N5O/c1-9(2)7-10(17-5-3-4-6-17)11(18)15-12-13-8-14-16-12/h3-6,8-10H,7H2,1-2H3,(H2,13,14,15,16,18)/t10-/m0/s1. The van der Waals surface area contributed by atoms with E-state index in [0.29, 0.717) is 11.9 Å². The SMILES string of the molecule is CC(C)C[C@@H](C(=O)Nc1ncn[nH]1)n1cccc1. The molecule has 2 heterocycles. The maximum atomic E-state index is 12.2. The lowest BCUT2D eigenvalue weighted by Crippen LogP contribution is -2.27. The van der Waals surface area contributed by atoms with Gasteiger partial charge in [0.2, 0.25) is 11.9 Å². The van der Waals surface area contributed by atoms with Crippen LogP contribution in [0.15, 0.2) is 30.9 Å². The van der Waals surface area contributed by atoms with Crippen LogP contribution in [-0.2, 0) is 4.79 Å². The van der Waals surface area contributed by atoms with Crippen LogP contribution in [0, 0.1) is 5.92 Å². The van der Waals surface area contributed by atoms with Gasteiger partial charge in [0.1, 0.15) is 12.4 Å². The zero-order chi connectivity index (χ0) is 13.0. The molecule has 0 aliphatic rings. The summed E-state index contributed by atoms with van der Waals surface area (Å²) in [6.45, 7) is 4.19.